The minimum absolute atomic E-state index is 0. The Bertz CT molecular complexity index is 273. The van der Waals surface area contributed by atoms with Crippen LogP contribution in [0, 0.1) is 0 Å². The molecule has 13 heavy (non-hydrogen) atoms. The molecule has 0 atom stereocenters. The van der Waals surface area contributed by atoms with E-state index in [1.54, 1.807) is 11.1 Å². The van der Waals surface area contributed by atoms with Crippen molar-refractivity contribution in [2.24, 2.45) is 0 Å². The molecular formula is C13H20. The number of hydrogen-bond acceptors (Lipinski definition) is 0. The molecule has 0 unspecified atom stereocenters. The second kappa shape index (κ2) is 4.45. The second-order valence-electron chi connectivity index (χ2n) is 3.66. The average molecular weight is 176 g/mol. The molecule has 0 bridgehead atoms. The first-order valence-electron chi connectivity index (χ1n) is 5.01. The van der Waals surface area contributed by atoms with Gasteiger partial charge in [0.25, 0.3) is 0 Å². The van der Waals surface area contributed by atoms with Crippen LogP contribution in [-0.2, 0) is 19.3 Å². The van der Waals surface area contributed by atoms with Gasteiger partial charge in [0.15, 0.2) is 0 Å². The van der Waals surface area contributed by atoms with E-state index in [1.807, 2.05) is 0 Å². The van der Waals surface area contributed by atoms with Gasteiger partial charge in [-0.1, -0.05) is 32.5 Å². The van der Waals surface area contributed by atoms with Crippen molar-refractivity contribution in [3.05, 3.63) is 34.9 Å². The molecule has 0 fully saturated rings. The van der Waals surface area contributed by atoms with Gasteiger partial charge in [0.1, 0.15) is 0 Å². The predicted octanol–water partition coefficient (Wildman–Crippen LogP) is 3.76. The van der Waals surface area contributed by atoms with Crippen LogP contribution in [0.15, 0.2) is 18.2 Å². The fourth-order valence-electron chi connectivity index (χ4n) is 2.01. The van der Waals surface area contributed by atoms with E-state index in [2.05, 4.69) is 25.1 Å². The van der Waals surface area contributed by atoms with Crippen LogP contribution in [0.4, 0.5) is 0 Å². The smallest absolute Gasteiger partial charge is 0.0276 e. The van der Waals surface area contributed by atoms with Crippen molar-refractivity contribution in [1.29, 1.82) is 0 Å². The summed E-state index contributed by atoms with van der Waals surface area (Å²) in [5.74, 6) is 0. The molecule has 0 radical (unpaired) electrons. The van der Waals surface area contributed by atoms with Gasteiger partial charge in [0, 0.05) is 0 Å². The standard InChI is InChI=1S/C12H16.CH4/c1-2-10-7-8-11-5-3-4-6-12(11)9-10;/h7-9H,2-6H2,1H3;1H4. The van der Waals surface area contributed by atoms with Crippen molar-refractivity contribution in [2.45, 2.75) is 46.5 Å². The van der Waals surface area contributed by atoms with Crippen molar-refractivity contribution in [2.75, 3.05) is 0 Å². The zero-order chi connectivity index (χ0) is 8.39. The Morgan fingerprint density at radius 3 is 2.46 bits per heavy atom. The maximum absolute atomic E-state index is 2.40. The van der Waals surface area contributed by atoms with Gasteiger partial charge in [-0.05, 0) is 48.8 Å². The summed E-state index contributed by atoms with van der Waals surface area (Å²) >= 11 is 0. The lowest BCUT2D eigenvalue weighted by molar-refractivity contribution is 0.684. The molecule has 1 aromatic carbocycles. The highest BCUT2D eigenvalue weighted by Gasteiger charge is 2.08. The summed E-state index contributed by atoms with van der Waals surface area (Å²) < 4.78 is 0. The van der Waals surface area contributed by atoms with Crippen molar-refractivity contribution < 1.29 is 0 Å². The number of aryl methyl sites for hydroxylation is 3. The third kappa shape index (κ3) is 2.12. The predicted molar refractivity (Wildman–Crippen MR) is 59.2 cm³/mol. The maximum atomic E-state index is 2.40. The molecule has 0 saturated carbocycles. The van der Waals surface area contributed by atoms with Crippen molar-refractivity contribution in [3.8, 4) is 0 Å². The normalized spacial score (nSPS) is 14.5. The Kier molecular flexibility index (Phi) is 3.53. The van der Waals surface area contributed by atoms with E-state index >= 15 is 0 Å². The largest absolute Gasteiger partial charge is 0.0776 e. The molecule has 0 N–H and O–H groups in total. The van der Waals surface area contributed by atoms with Crippen LogP contribution in [0.3, 0.4) is 0 Å². The summed E-state index contributed by atoms with van der Waals surface area (Å²) in [5.41, 5.74) is 4.70. The van der Waals surface area contributed by atoms with Gasteiger partial charge < -0.3 is 0 Å². The first-order valence-corrected chi connectivity index (χ1v) is 5.01. The Morgan fingerprint density at radius 2 is 1.77 bits per heavy atom. The molecule has 1 aliphatic rings. The molecule has 1 aromatic rings. The number of benzene rings is 1. The molecule has 1 aliphatic carbocycles. The summed E-state index contributed by atoms with van der Waals surface area (Å²) in [7, 11) is 0. The SMILES string of the molecule is C.CCc1ccc2c(c1)CCCC2. The molecule has 0 saturated heterocycles. The lowest BCUT2D eigenvalue weighted by Crippen LogP contribution is -2.02. The van der Waals surface area contributed by atoms with Gasteiger partial charge in [0.05, 0.1) is 0 Å². The molecule has 0 nitrogen and oxygen atoms in total. The highest BCUT2D eigenvalue weighted by Crippen LogP contribution is 2.22. The van der Waals surface area contributed by atoms with Gasteiger partial charge in [0.2, 0.25) is 0 Å². The Balaban J connectivity index is 0.000000845. The van der Waals surface area contributed by atoms with E-state index in [4.69, 9.17) is 0 Å². The summed E-state index contributed by atoms with van der Waals surface area (Å²) in [6, 6.07) is 7.01. The number of rotatable bonds is 1. The third-order valence-electron chi connectivity index (χ3n) is 2.82. The van der Waals surface area contributed by atoms with E-state index in [0.29, 0.717) is 0 Å². The third-order valence-corrected chi connectivity index (χ3v) is 2.82. The van der Waals surface area contributed by atoms with Crippen LogP contribution < -0.4 is 0 Å². The first-order chi connectivity index (χ1) is 5.90. The van der Waals surface area contributed by atoms with Crippen LogP contribution in [0.5, 0.6) is 0 Å². The maximum Gasteiger partial charge on any atom is -0.0276 e. The average Bonchev–Trinajstić information content (AvgIpc) is 2.17. The summed E-state index contributed by atoms with van der Waals surface area (Å²) in [6.07, 6.45) is 6.56. The van der Waals surface area contributed by atoms with Gasteiger partial charge >= 0.3 is 0 Å². The van der Waals surface area contributed by atoms with Crippen molar-refractivity contribution in [3.63, 3.8) is 0 Å². The van der Waals surface area contributed by atoms with Crippen molar-refractivity contribution >= 4 is 0 Å². The monoisotopic (exact) mass is 176 g/mol. The van der Waals surface area contributed by atoms with Gasteiger partial charge in [-0.3, -0.25) is 0 Å². The fraction of sp³-hybridized carbons (Fsp3) is 0.538. The quantitative estimate of drug-likeness (QED) is 0.611. The van der Waals surface area contributed by atoms with Gasteiger partial charge in [-0.2, -0.15) is 0 Å². The van der Waals surface area contributed by atoms with Crippen molar-refractivity contribution in [1.82, 2.24) is 0 Å². The Morgan fingerprint density at radius 1 is 1.08 bits per heavy atom. The van der Waals surface area contributed by atoms with Crippen LogP contribution in [-0.4, -0.2) is 0 Å². The highest BCUT2D eigenvalue weighted by molar-refractivity contribution is 5.33. The zero-order valence-electron chi connectivity index (χ0n) is 7.77. The van der Waals surface area contributed by atoms with E-state index in [9.17, 15) is 0 Å². The highest BCUT2D eigenvalue weighted by atomic mass is 14.1. The van der Waals surface area contributed by atoms with Gasteiger partial charge in [-0.25, -0.2) is 0 Å². The van der Waals surface area contributed by atoms with E-state index < -0.39 is 0 Å². The fourth-order valence-corrected chi connectivity index (χ4v) is 2.01. The molecule has 0 amide bonds. The molecule has 0 heterocycles. The molecule has 2 rings (SSSR count). The Labute approximate surface area is 82.0 Å². The first kappa shape index (κ1) is 10.3. The molecule has 0 aliphatic heterocycles. The summed E-state index contributed by atoms with van der Waals surface area (Å²) in [5, 5.41) is 0. The van der Waals surface area contributed by atoms with Crippen LogP contribution in [0.2, 0.25) is 0 Å². The van der Waals surface area contributed by atoms with Crippen LogP contribution in [0.25, 0.3) is 0 Å². The lowest BCUT2D eigenvalue weighted by atomic mass is 9.90. The minimum atomic E-state index is 0. The van der Waals surface area contributed by atoms with Gasteiger partial charge in [-0.15, -0.1) is 0 Å². The van der Waals surface area contributed by atoms with E-state index in [1.165, 1.54) is 37.7 Å². The Hall–Kier alpha value is -0.780. The topological polar surface area (TPSA) is 0 Å². The van der Waals surface area contributed by atoms with Crippen LogP contribution in [0.1, 0.15) is 43.9 Å². The second-order valence-corrected chi connectivity index (χ2v) is 3.66. The molecule has 0 heteroatoms. The molecule has 0 aromatic heterocycles. The van der Waals surface area contributed by atoms with Crippen LogP contribution >= 0.6 is 0 Å². The lowest BCUT2D eigenvalue weighted by Gasteiger charge is -2.15. The summed E-state index contributed by atoms with van der Waals surface area (Å²) in [6.45, 7) is 2.23. The molecular weight excluding hydrogens is 156 g/mol. The number of hydrogen-bond donors (Lipinski definition) is 0. The molecule has 0 spiro atoms. The molecule has 72 valence electrons. The zero-order valence-corrected chi connectivity index (χ0v) is 7.77. The van der Waals surface area contributed by atoms with E-state index in [0.717, 1.165) is 0 Å². The summed E-state index contributed by atoms with van der Waals surface area (Å²) in [4.78, 5) is 0. The van der Waals surface area contributed by atoms with E-state index in [-0.39, 0.29) is 7.43 Å². The minimum Gasteiger partial charge on any atom is -0.0776 e. The number of fused-ring (bicyclic) bond motifs is 1.